The van der Waals surface area contributed by atoms with Crippen molar-refractivity contribution in [3.63, 3.8) is 0 Å². The lowest BCUT2D eigenvalue weighted by molar-refractivity contribution is -0.121. The highest BCUT2D eigenvalue weighted by molar-refractivity contribution is 5.77. The van der Waals surface area contributed by atoms with Gasteiger partial charge >= 0.3 is 0 Å². The van der Waals surface area contributed by atoms with Gasteiger partial charge in [0.25, 0.3) is 0 Å². The van der Waals surface area contributed by atoms with Crippen LogP contribution in [0.15, 0.2) is 60.7 Å². The SMILES string of the molecule is CC(C)OCCCNC(=O)CC(c1ccccc1)c1ccccc1. The first-order chi connectivity index (χ1) is 11.7. The molecule has 0 saturated heterocycles. The molecule has 1 amide bonds. The molecule has 2 aromatic carbocycles. The van der Waals surface area contributed by atoms with Crippen molar-refractivity contribution in [3.05, 3.63) is 71.8 Å². The molecule has 0 aromatic heterocycles. The normalized spacial score (nSPS) is 11.0. The van der Waals surface area contributed by atoms with Gasteiger partial charge in [-0.05, 0) is 31.4 Å². The van der Waals surface area contributed by atoms with Crippen LogP contribution in [0.5, 0.6) is 0 Å². The summed E-state index contributed by atoms with van der Waals surface area (Å²) in [5.41, 5.74) is 2.34. The molecule has 3 heteroatoms. The highest BCUT2D eigenvalue weighted by Crippen LogP contribution is 2.27. The van der Waals surface area contributed by atoms with Gasteiger partial charge in [-0.3, -0.25) is 4.79 Å². The molecule has 0 aliphatic rings. The van der Waals surface area contributed by atoms with E-state index in [1.165, 1.54) is 11.1 Å². The van der Waals surface area contributed by atoms with Gasteiger partial charge in [0, 0.05) is 25.5 Å². The van der Waals surface area contributed by atoms with E-state index in [0.717, 1.165) is 6.42 Å². The van der Waals surface area contributed by atoms with Crippen molar-refractivity contribution in [1.82, 2.24) is 5.32 Å². The monoisotopic (exact) mass is 325 g/mol. The molecule has 1 N–H and O–H groups in total. The van der Waals surface area contributed by atoms with E-state index >= 15 is 0 Å². The lowest BCUT2D eigenvalue weighted by Gasteiger charge is -2.18. The van der Waals surface area contributed by atoms with E-state index in [-0.39, 0.29) is 17.9 Å². The number of hydrogen-bond donors (Lipinski definition) is 1. The van der Waals surface area contributed by atoms with Crippen molar-refractivity contribution in [1.29, 1.82) is 0 Å². The van der Waals surface area contributed by atoms with Crippen molar-refractivity contribution in [2.75, 3.05) is 13.2 Å². The van der Waals surface area contributed by atoms with Gasteiger partial charge in [0.05, 0.1) is 6.10 Å². The van der Waals surface area contributed by atoms with E-state index in [0.29, 0.717) is 19.6 Å². The summed E-state index contributed by atoms with van der Waals surface area (Å²) in [6, 6.07) is 20.4. The maximum atomic E-state index is 12.3. The molecule has 3 nitrogen and oxygen atoms in total. The quantitative estimate of drug-likeness (QED) is 0.704. The number of benzene rings is 2. The van der Waals surface area contributed by atoms with E-state index in [9.17, 15) is 4.79 Å². The molecule has 2 aromatic rings. The van der Waals surface area contributed by atoms with E-state index in [4.69, 9.17) is 4.74 Å². The van der Waals surface area contributed by atoms with Gasteiger partial charge in [-0.25, -0.2) is 0 Å². The summed E-state index contributed by atoms with van der Waals surface area (Å²) in [5, 5.41) is 3.01. The highest BCUT2D eigenvalue weighted by Gasteiger charge is 2.17. The van der Waals surface area contributed by atoms with Gasteiger partial charge < -0.3 is 10.1 Å². The first-order valence-corrected chi connectivity index (χ1v) is 8.65. The Labute approximate surface area is 145 Å². The fourth-order valence-corrected chi connectivity index (χ4v) is 2.68. The van der Waals surface area contributed by atoms with Crippen molar-refractivity contribution >= 4 is 5.91 Å². The van der Waals surface area contributed by atoms with Crippen LogP contribution >= 0.6 is 0 Å². The fourth-order valence-electron chi connectivity index (χ4n) is 2.68. The van der Waals surface area contributed by atoms with Crippen LogP contribution in [-0.2, 0) is 9.53 Å². The van der Waals surface area contributed by atoms with Crippen molar-refractivity contribution < 1.29 is 9.53 Å². The zero-order valence-corrected chi connectivity index (χ0v) is 14.6. The molecule has 0 saturated carbocycles. The average molecular weight is 325 g/mol. The molecule has 0 radical (unpaired) electrons. The van der Waals surface area contributed by atoms with Crippen molar-refractivity contribution in [2.45, 2.75) is 38.7 Å². The molecule has 0 bridgehead atoms. The maximum Gasteiger partial charge on any atom is 0.220 e. The minimum Gasteiger partial charge on any atom is -0.379 e. The summed E-state index contributed by atoms with van der Waals surface area (Å²) in [6.07, 6.45) is 1.53. The lowest BCUT2D eigenvalue weighted by atomic mass is 9.88. The zero-order valence-electron chi connectivity index (χ0n) is 14.6. The summed E-state index contributed by atoms with van der Waals surface area (Å²) >= 11 is 0. The molecule has 128 valence electrons. The Hall–Kier alpha value is -2.13. The molecule has 0 heterocycles. The van der Waals surface area contributed by atoms with Gasteiger partial charge in [-0.2, -0.15) is 0 Å². The third-order valence-corrected chi connectivity index (χ3v) is 3.89. The number of carbonyl (C=O) groups is 1. The Morgan fingerprint density at radius 3 is 2.00 bits per heavy atom. The molecule has 0 atom stereocenters. The number of rotatable bonds is 9. The van der Waals surface area contributed by atoms with Gasteiger partial charge in [0.15, 0.2) is 0 Å². The smallest absolute Gasteiger partial charge is 0.220 e. The Morgan fingerprint density at radius 2 is 1.50 bits per heavy atom. The maximum absolute atomic E-state index is 12.3. The number of amides is 1. The molecule has 0 aliphatic heterocycles. The summed E-state index contributed by atoms with van der Waals surface area (Å²) < 4.78 is 5.49. The lowest BCUT2D eigenvalue weighted by Crippen LogP contribution is -2.27. The Balaban J connectivity index is 1.93. The van der Waals surface area contributed by atoms with Crippen LogP contribution in [-0.4, -0.2) is 25.2 Å². The molecule has 0 unspecified atom stereocenters. The summed E-state index contributed by atoms with van der Waals surface area (Å²) in [6.45, 7) is 5.37. The number of carbonyl (C=O) groups excluding carboxylic acids is 1. The third-order valence-electron chi connectivity index (χ3n) is 3.89. The van der Waals surface area contributed by atoms with E-state index in [2.05, 4.69) is 29.6 Å². The molecule has 0 fully saturated rings. The topological polar surface area (TPSA) is 38.3 Å². The predicted molar refractivity (Wildman–Crippen MR) is 98.1 cm³/mol. The predicted octanol–water partition coefficient (Wildman–Crippen LogP) is 4.14. The zero-order chi connectivity index (χ0) is 17.2. The van der Waals surface area contributed by atoms with Crippen LogP contribution in [0, 0.1) is 0 Å². The number of hydrogen-bond acceptors (Lipinski definition) is 2. The van der Waals surface area contributed by atoms with Crippen molar-refractivity contribution in [3.8, 4) is 0 Å². The summed E-state index contributed by atoms with van der Waals surface area (Å²) in [4.78, 5) is 12.3. The highest BCUT2D eigenvalue weighted by atomic mass is 16.5. The van der Waals surface area contributed by atoms with Crippen LogP contribution in [0.3, 0.4) is 0 Å². The molecule has 2 rings (SSSR count). The molecule has 0 spiro atoms. The molecule has 0 aliphatic carbocycles. The van der Waals surface area contributed by atoms with Crippen LogP contribution in [0.2, 0.25) is 0 Å². The second-order valence-corrected chi connectivity index (χ2v) is 6.20. The minimum absolute atomic E-state index is 0.0808. The summed E-state index contributed by atoms with van der Waals surface area (Å²) in [7, 11) is 0. The minimum atomic E-state index is 0.0808. The van der Waals surface area contributed by atoms with Crippen LogP contribution < -0.4 is 5.32 Å². The first kappa shape index (κ1) is 18.2. The van der Waals surface area contributed by atoms with Crippen LogP contribution in [0.4, 0.5) is 0 Å². The van der Waals surface area contributed by atoms with Gasteiger partial charge in [0.1, 0.15) is 0 Å². The molecule has 24 heavy (non-hydrogen) atoms. The second kappa shape index (κ2) is 9.89. The number of ether oxygens (including phenoxy) is 1. The molecular weight excluding hydrogens is 298 g/mol. The number of nitrogens with one attached hydrogen (secondary N) is 1. The molecular formula is C21H27NO2. The summed E-state index contributed by atoms with van der Waals surface area (Å²) in [5.74, 6) is 0.163. The van der Waals surface area contributed by atoms with Gasteiger partial charge in [-0.1, -0.05) is 60.7 Å². The van der Waals surface area contributed by atoms with Gasteiger partial charge in [0.2, 0.25) is 5.91 Å². The Kier molecular flexibility index (Phi) is 7.50. The van der Waals surface area contributed by atoms with Crippen molar-refractivity contribution in [2.24, 2.45) is 0 Å². The van der Waals surface area contributed by atoms with Crippen LogP contribution in [0.25, 0.3) is 0 Å². The standard InChI is InChI=1S/C21H27NO2/c1-17(2)24-15-9-14-22-21(23)16-20(18-10-5-3-6-11-18)19-12-7-4-8-13-19/h3-8,10-13,17,20H,9,14-16H2,1-2H3,(H,22,23). The van der Waals surface area contributed by atoms with E-state index < -0.39 is 0 Å². The van der Waals surface area contributed by atoms with E-state index in [1.807, 2.05) is 50.2 Å². The third kappa shape index (κ3) is 6.17. The Morgan fingerprint density at radius 1 is 0.958 bits per heavy atom. The van der Waals surface area contributed by atoms with Crippen LogP contribution in [0.1, 0.15) is 43.7 Å². The fraction of sp³-hybridized carbons (Fsp3) is 0.381. The van der Waals surface area contributed by atoms with Gasteiger partial charge in [-0.15, -0.1) is 0 Å². The first-order valence-electron chi connectivity index (χ1n) is 8.65. The second-order valence-electron chi connectivity index (χ2n) is 6.20. The van der Waals surface area contributed by atoms with E-state index in [1.54, 1.807) is 0 Å². The largest absolute Gasteiger partial charge is 0.379 e. The average Bonchev–Trinajstić information content (AvgIpc) is 2.60. The Bertz CT molecular complexity index is 556.